The Morgan fingerprint density at radius 1 is 1.48 bits per heavy atom. The summed E-state index contributed by atoms with van der Waals surface area (Å²) >= 11 is 3.17. The van der Waals surface area contributed by atoms with E-state index in [2.05, 4.69) is 38.3 Å². The van der Waals surface area contributed by atoms with Crippen LogP contribution in [0.1, 0.15) is 38.1 Å². The lowest BCUT2D eigenvalue weighted by atomic mass is 9.90. The van der Waals surface area contributed by atoms with Crippen LogP contribution in [0.25, 0.3) is 11.4 Å². The second-order valence-electron chi connectivity index (χ2n) is 5.39. The molecule has 0 saturated carbocycles. The molecule has 0 bridgehead atoms. The van der Waals surface area contributed by atoms with Crippen LogP contribution in [0.2, 0.25) is 0 Å². The first kappa shape index (κ1) is 14.7. The van der Waals surface area contributed by atoms with E-state index < -0.39 is 0 Å². The molecule has 0 radical (unpaired) electrons. The van der Waals surface area contributed by atoms with Crippen LogP contribution < -0.4 is 5.32 Å². The van der Waals surface area contributed by atoms with Crippen LogP contribution in [-0.4, -0.2) is 16.7 Å². The molecule has 0 spiro atoms. The van der Waals surface area contributed by atoms with E-state index in [4.69, 9.17) is 4.52 Å². The molecule has 1 N–H and O–H groups in total. The molecule has 1 aliphatic heterocycles. The van der Waals surface area contributed by atoms with Gasteiger partial charge in [-0.05, 0) is 59.4 Å². The molecule has 1 aromatic carbocycles. The number of hydrogen-bond acceptors (Lipinski definition) is 4. The zero-order valence-electron chi connectivity index (χ0n) is 11.8. The van der Waals surface area contributed by atoms with Crippen LogP contribution in [0.15, 0.2) is 27.2 Å². The monoisotopic (exact) mass is 353 g/mol. The molecule has 2 heterocycles. The molecule has 21 heavy (non-hydrogen) atoms. The van der Waals surface area contributed by atoms with Gasteiger partial charge in [0.15, 0.2) is 0 Å². The van der Waals surface area contributed by atoms with Crippen molar-refractivity contribution in [2.45, 2.75) is 32.2 Å². The molecular formula is C15H17BrFN3O. The Balaban J connectivity index is 1.81. The van der Waals surface area contributed by atoms with Gasteiger partial charge in [-0.15, -0.1) is 0 Å². The molecule has 2 atom stereocenters. The topological polar surface area (TPSA) is 51.0 Å². The Morgan fingerprint density at radius 3 is 3.10 bits per heavy atom. The maximum Gasteiger partial charge on any atom is 0.244 e. The normalized spacial score (nSPS) is 22.4. The fourth-order valence-electron chi connectivity index (χ4n) is 2.68. The molecule has 2 aromatic rings. The summed E-state index contributed by atoms with van der Waals surface area (Å²) in [4.78, 5) is 4.46. The number of nitrogens with zero attached hydrogens (tertiary/aromatic N) is 2. The standard InChI is InChI=1S/C15H17BrFN3O/c1-2-9-5-6-18-13(7-9)15-19-14(20-21-15)10-3-4-12(17)11(16)8-10/h3-4,8-9,13,18H,2,5-7H2,1H3. The van der Waals surface area contributed by atoms with Gasteiger partial charge < -0.3 is 9.84 Å². The summed E-state index contributed by atoms with van der Waals surface area (Å²) in [5.41, 5.74) is 0.737. The molecule has 1 fully saturated rings. The van der Waals surface area contributed by atoms with Gasteiger partial charge in [0.2, 0.25) is 11.7 Å². The lowest BCUT2D eigenvalue weighted by Gasteiger charge is -2.27. The van der Waals surface area contributed by atoms with Crippen molar-refractivity contribution >= 4 is 15.9 Å². The van der Waals surface area contributed by atoms with Gasteiger partial charge >= 0.3 is 0 Å². The van der Waals surface area contributed by atoms with Gasteiger partial charge in [-0.3, -0.25) is 0 Å². The third kappa shape index (κ3) is 3.16. The van der Waals surface area contributed by atoms with Gasteiger partial charge in [0.05, 0.1) is 10.5 Å². The minimum absolute atomic E-state index is 0.119. The predicted molar refractivity (Wildman–Crippen MR) is 81.2 cm³/mol. The fourth-order valence-corrected chi connectivity index (χ4v) is 3.06. The van der Waals surface area contributed by atoms with Crippen LogP contribution in [0.4, 0.5) is 4.39 Å². The highest BCUT2D eigenvalue weighted by Gasteiger charge is 2.26. The van der Waals surface area contributed by atoms with Crippen molar-refractivity contribution in [2.24, 2.45) is 5.92 Å². The van der Waals surface area contributed by atoms with Gasteiger partial charge in [-0.1, -0.05) is 18.5 Å². The molecule has 1 aromatic heterocycles. The lowest BCUT2D eigenvalue weighted by Crippen LogP contribution is -2.31. The van der Waals surface area contributed by atoms with E-state index in [1.807, 2.05) is 0 Å². The van der Waals surface area contributed by atoms with E-state index in [9.17, 15) is 4.39 Å². The summed E-state index contributed by atoms with van der Waals surface area (Å²) in [6.07, 6.45) is 3.38. The van der Waals surface area contributed by atoms with Gasteiger partial charge in [0.1, 0.15) is 5.82 Å². The smallest absolute Gasteiger partial charge is 0.244 e. The Bertz CT molecular complexity index is 631. The van der Waals surface area contributed by atoms with E-state index in [-0.39, 0.29) is 11.9 Å². The molecule has 3 rings (SSSR count). The average Bonchev–Trinajstić information content (AvgIpc) is 3.00. The second kappa shape index (κ2) is 6.23. The fraction of sp³-hybridized carbons (Fsp3) is 0.467. The Hall–Kier alpha value is -1.27. The number of halogens is 2. The molecule has 6 heteroatoms. The Labute approximate surface area is 131 Å². The molecule has 1 saturated heterocycles. The maximum atomic E-state index is 13.3. The number of piperidine rings is 1. The first-order chi connectivity index (χ1) is 10.2. The van der Waals surface area contributed by atoms with Crippen molar-refractivity contribution in [1.82, 2.24) is 15.5 Å². The largest absolute Gasteiger partial charge is 0.337 e. The predicted octanol–water partition coefficient (Wildman–Crippen LogP) is 4.09. The minimum atomic E-state index is -0.304. The van der Waals surface area contributed by atoms with E-state index in [1.54, 1.807) is 12.1 Å². The highest BCUT2D eigenvalue weighted by atomic mass is 79.9. The van der Waals surface area contributed by atoms with E-state index in [0.717, 1.165) is 18.5 Å². The SMILES string of the molecule is CCC1CCNC(c2nc(-c3ccc(F)c(Br)c3)no2)C1. The minimum Gasteiger partial charge on any atom is -0.337 e. The lowest BCUT2D eigenvalue weighted by molar-refractivity contribution is 0.246. The quantitative estimate of drug-likeness (QED) is 0.902. The average molecular weight is 354 g/mol. The molecule has 4 nitrogen and oxygen atoms in total. The number of hydrogen-bond donors (Lipinski definition) is 1. The molecular weight excluding hydrogens is 337 g/mol. The molecule has 0 amide bonds. The van der Waals surface area contributed by atoms with Crippen molar-refractivity contribution in [3.8, 4) is 11.4 Å². The number of nitrogens with one attached hydrogen (secondary N) is 1. The van der Waals surface area contributed by atoms with Crippen molar-refractivity contribution in [1.29, 1.82) is 0 Å². The van der Waals surface area contributed by atoms with Crippen LogP contribution in [-0.2, 0) is 0 Å². The van der Waals surface area contributed by atoms with Gasteiger partial charge in [-0.25, -0.2) is 4.39 Å². The number of benzene rings is 1. The summed E-state index contributed by atoms with van der Waals surface area (Å²) in [6.45, 7) is 3.19. The Morgan fingerprint density at radius 2 is 2.33 bits per heavy atom. The van der Waals surface area contributed by atoms with Crippen molar-refractivity contribution in [2.75, 3.05) is 6.54 Å². The van der Waals surface area contributed by atoms with Crippen LogP contribution in [0.5, 0.6) is 0 Å². The zero-order valence-corrected chi connectivity index (χ0v) is 13.4. The second-order valence-corrected chi connectivity index (χ2v) is 6.24. The summed E-state index contributed by atoms with van der Waals surface area (Å²) < 4.78 is 19.1. The highest BCUT2D eigenvalue weighted by Crippen LogP contribution is 2.30. The summed E-state index contributed by atoms with van der Waals surface area (Å²) in [6, 6.07) is 4.82. The zero-order chi connectivity index (χ0) is 14.8. The summed E-state index contributed by atoms with van der Waals surface area (Å²) in [5, 5.41) is 7.43. The number of rotatable bonds is 3. The van der Waals surface area contributed by atoms with Crippen molar-refractivity contribution in [3.05, 3.63) is 34.4 Å². The molecule has 1 aliphatic rings. The van der Waals surface area contributed by atoms with E-state index in [0.29, 0.717) is 22.1 Å². The summed E-state index contributed by atoms with van der Waals surface area (Å²) in [5.74, 6) is 1.50. The Kier molecular flexibility index (Phi) is 4.35. The number of aromatic nitrogens is 2. The summed E-state index contributed by atoms with van der Waals surface area (Å²) in [7, 11) is 0. The van der Waals surface area contributed by atoms with Gasteiger partial charge in [0.25, 0.3) is 0 Å². The van der Waals surface area contributed by atoms with E-state index in [1.165, 1.54) is 18.9 Å². The van der Waals surface area contributed by atoms with Crippen LogP contribution >= 0.6 is 15.9 Å². The van der Waals surface area contributed by atoms with Gasteiger partial charge in [0, 0.05) is 5.56 Å². The van der Waals surface area contributed by atoms with Gasteiger partial charge in [-0.2, -0.15) is 4.98 Å². The first-order valence-electron chi connectivity index (χ1n) is 7.19. The molecule has 2 unspecified atom stereocenters. The van der Waals surface area contributed by atoms with Crippen LogP contribution in [0, 0.1) is 11.7 Å². The molecule has 112 valence electrons. The first-order valence-corrected chi connectivity index (χ1v) is 7.99. The maximum absolute atomic E-state index is 13.3. The highest BCUT2D eigenvalue weighted by molar-refractivity contribution is 9.10. The van der Waals surface area contributed by atoms with Crippen molar-refractivity contribution < 1.29 is 8.91 Å². The van der Waals surface area contributed by atoms with Crippen LogP contribution in [0.3, 0.4) is 0 Å². The third-order valence-electron chi connectivity index (χ3n) is 4.01. The molecule has 0 aliphatic carbocycles. The van der Waals surface area contributed by atoms with Crippen molar-refractivity contribution in [3.63, 3.8) is 0 Å². The third-order valence-corrected chi connectivity index (χ3v) is 4.62. The van der Waals surface area contributed by atoms with E-state index >= 15 is 0 Å².